The van der Waals surface area contributed by atoms with E-state index in [2.05, 4.69) is 5.16 Å². The van der Waals surface area contributed by atoms with Gasteiger partial charge in [-0.1, -0.05) is 37.2 Å². The van der Waals surface area contributed by atoms with Crippen LogP contribution in [0.15, 0.2) is 34.9 Å². The topological polar surface area (TPSA) is 79.5 Å². The molecule has 1 fully saturated rings. The van der Waals surface area contributed by atoms with Gasteiger partial charge in [-0.25, -0.2) is 0 Å². The molecule has 0 unspecified atom stereocenters. The number of hydrogen-bond acceptors (Lipinski definition) is 5. The summed E-state index contributed by atoms with van der Waals surface area (Å²) in [6.45, 7) is 6.98. The summed E-state index contributed by atoms with van der Waals surface area (Å²) < 4.78 is 5.31. The molecule has 7 nitrogen and oxygen atoms in total. The van der Waals surface area contributed by atoms with E-state index in [1.807, 2.05) is 49.1 Å². The number of aromatic nitrogens is 2. The maximum atomic E-state index is 13.3. The van der Waals surface area contributed by atoms with Crippen LogP contribution < -0.4 is 0 Å². The number of rotatable bonds is 4. The molecule has 1 aliphatic rings. The third kappa shape index (κ3) is 3.80. The Morgan fingerprint density at radius 2 is 1.97 bits per heavy atom. The van der Waals surface area contributed by atoms with E-state index in [9.17, 15) is 9.59 Å². The van der Waals surface area contributed by atoms with Crippen LogP contribution in [0.25, 0.3) is 10.9 Å². The molecule has 4 rings (SSSR count). The molecule has 31 heavy (non-hydrogen) atoms. The molecule has 1 atom stereocenters. The minimum Gasteiger partial charge on any atom is -0.361 e. The van der Waals surface area contributed by atoms with E-state index in [4.69, 9.17) is 9.51 Å². The van der Waals surface area contributed by atoms with Crippen molar-refractivity contribution in [3.05, 3.63) is 58.6 Å². The van der Waals surface area contributed by atoms with Crippen LogP contribution in [0.5, 0.6) is 0 Å². The normalized spacial score (nSPS) is 16.3. The molecule has 2 amide bonds. The molecule has 0 spiro atoms. The highest BCUT2D eigenvalue weighted by molar-refractivity contribution is 6.06. The summed E-state index contributed by atoms with van der Waals surface area (Å²) in [6, 6.07) is 9.59. The number of fused-ring (bicyclic) bond motifs is 1. The largest absolute Gasteiger partial charge is 0.361 e. The maximum absolute atomic E-state index is 13.3. The quantitative estimate of drug-likeness (QED) is 0.638. The number of likely N-dealkylation sites (tertiary alicyclic amines) is 1. The van der Waals surface area contributed by atoms with Crippen molar-refractivity contribution in [3.63, 3.8) is 0 Å². The van der Waals surface area contributed by atoms with Gasteiger partial charge in [0.15, 0.2) is 0 Å². The maximum Gasteiger partial charge on any atom is 0.259 e. The van der Waals surface area contributed by atoms with Gasteiger partial charge in [0.25, 0.3) is 11.8 Å². The summed E-state index contributed by atoms with van der Waals surface area (Å²) in [7, 11) is 3.50. The summed E-state index contributed by atoms with van der Waals surface area (Å²) in [5.74, 6) is 0.643. The van der Waals surface area contributed by atoms with Crippen LogP contribution in [0.1, 0.15) is 70.0 Å². The highest BCUT2D eigenvalue weighted by Gasteiger charge is 2.33. The predicted octanol–water partition coefficient (Wildman–Crippen LogP) is 3.99. The van der Waals surface area contributed by atoms with Gasteiger partial charge < -0.3 is 14.3 Å². The second-order valence-electron chi connectivity index (χ2n) is 8.70. The van der Waals surface area contributed by atoms with Crippen molar-refractivity contribution >= 4 is 22.7 Å². The molecule has 1 aromatic carbocycles. The average molecular weight is 421 g/mol. The van der Waals surface area contributed by atoms with E-state index in [1.54, 1.807) is 25.9 Å². The first-order valence-electron chi connectivity index (χ1n) is 10.6. The molecule has 1 aliphatic heterocycles. The molecule has 0 aliphatic carbocycles. The molecule has 0 radical (unpaired) electrons. The Hall–Kier alpha value is -3.22. The smallest absolute Gasteiger partial charge is 0.259 e. The van der Waals surface area contributed by atoms with Gasteiger partial charge in [-0.15, -0.1) is 0 Å². The van der Waals surface area contributed by atoms with Crippen molar-refractivity contribution < 1.29 is 14.1 Å². The van der Waals surface area contributed by atoms with Crippen LogP contribution in [0.2, 0.25) is 0 Å². The zero-order valence-electron chi connectivity index (χ0n) is 18.7. The van der Waals surface area contributed by atoms with Gasteiger partial charge in [0.1, 0.15) is 11.3 Å². The van der Waals surface area contributed by atoms with Gasteiger partial charge in [0.2, 0.25) is 0 Å². The number of nitrogens with zero attached hydrogens (tertiary/aromatic N) is 4. The number of hydrogen-bond donors (Lipinski definition) is 0. The Morgan fingerprint density at radius 3 is 2.68 bits per heavy atom. The molecule has 0 N–H and O–H groups in total. The Balaban J connectivity index is 1.65. The Kier molecular flexibility index (Phi) is 5.52. The molecule has 7 heteroatoms. The van der Waals surface area contributed by atoms with Crippen molar-refractivity contribution in [2.24, 2.45) is 0 Å². The van der Waals surface area contributed by atoms with Gasteiger partial charge in [0.05, 0.1) is 16.8 Å². The Morgan fingerprint density at radius 1 is 1.23 bits per heavy atom. The lowest BCUT2D eigenvalue weighted by Crippen LogP contribution is -2.29. The van der Waals surface area contributed by atoms with Gasteiger partial charge in [0, 0.05) is 44.2 Å². The molecule has 0 bridgehead atoms. The van der Waals surface area contributed by atoms with E-state index in [0.29, 0.717) is 35.7 Å². The fraction of sp³-hybridized carbons (Fsp3) is 0.417. The summed E-state index contributed by atoms with van der Waals surface area (Å²) in [6.07, 6.45) is 0.800. The predicted molar refractivity (Wildman–Crippen MR) is 118 cm³/mol. The first-order valence-corrected chi connectivity index (χ1v) is 10.6. The molecule has 0 saturated carbocycles. The minimum atomic E-state index is -0.0487. The van der Waals surface area contributed by atoms with E-state index in [0.717, 1.165) is 23.0 Å². The van der Waals surface area contributed by atoms with Crippen LogP contribution in [0, 0.1) is 6.92 Å². The fourth-order valence-electron chi connectivity index (χ4n) is 4.21. The molecular formula is C24H28N4O3. The molecule has 1 saturated heterocycles. The average Bonchev–Trinajstić information content (AvgIpc) is 3.39. The molecular weight excluding hydrogens is 392 g/mol. The van der Waals surface area contributed by atoms with Gasteiger partial charge in [-0.2, -0.15) is 0 Å². The number of benzene rings is 1. The third-order valence-electron chi connectivity index (χ3n) is 5.92. The lowest BCUT2D eigenvalue weighted by atomic mass is 9.99. The molecule has 162 valence electrons. The summed E-state index contributed by atoms with van der Waals surface area (Å²) >= 11 is 0. The first-order chi connectivity index (χ1) is 14.8. The number of para-hydroxylation sites is 1. The van der Waals surface area contributed by atoms with Crippen molar-refractivity contribution in [2.75, 3.05) is 27.2 Å². The first kappa shape index (κ1) is 21.0. The van der Waals surface area contributed by atoms with Gasteiger partial charge in [-0.3, -0.25) is 14.6 Å². The fourth-order valence-corrected chi connectivity index (χ4v) is 4.21. The standard InChI is InChI=1S/C24H28N4O3/c1-14(2)22-21(15(3)31-26-22)24(30)28-11-10-16(13-28)20-12-18(23(29)27(4)5)17-8-6-7-9-19(17)25-20/h6-9,12,14,16H,10-11,13H2,1-5H3/t16-/m0/s1. The highest BCUT2D eigenvalue weighted by atomic mass is 16.5. The van der Waals surface area contributed by atoms with E-state index in [1.165, 1.54) is 0 Å². The third-order valence-corrected chi connectivity index (χ3v) is 5.92. The number of carbonyl (C=O) groups excluding carboxylic acids is 2. The molecule has 3 aromatic rings. The molecule has 3 heterocycles. The summed E-state index contributed by atoms with van der Waals surface area (Å²) in [5, 5.41) is 4.93. The molecule has 2 aromatic heterocycles. The number of aryl methyl sites for hydroxylation is 1. The van der Waals surface area contributed by atoms with Crippen molar-refractivity contribution in [1.82, 2.24) is 19.9 Å². The Labute approximate surface area is 182 Å². The zero-order chi connectivity index (χ0) is 22.3. The highest BCUT2D eigenvalue weighted by Crippen LogP contribution is 2.32. The van der Waals surface area contributed by atoms with E-state index < -0.39 is 0 Å². The monoisotopic (exact) mass is 420 g/mol. The second-order valence-corrected chi connectivity index (χ2v) is 8.70. The van der Waals surface area contributed by atoms with Crippen LogP contribution in [-0.2, 0) is 0 Å². The number of amides is 2. The number of carbonyl (C=O) groups is 2. The Bertz CT molecular complexity index is 1150. The second kappa shape index (κ2) is 8.13. The van der Waals surface area contributed by atoms with Gasteiger partial charge in [-0.05, 0) is 31.4 Å². The van der Waals surface area contributed by atoms with Crippen molar-refractivity contribution in [2.45, 2.75) is 39.0 Å². The van der Waals surface area contributed by atoms with Crippen molar-refractivity contribution in [1.29, 1.82) is 0 Å². The SMILES string of the molecule is Cc1onc(C(C)C)c1C(=O)N1CC[C@H](c2cc(C(=O)N(C)C)c3ccccc3n2)C1. The van der Waals surface area contributed by atoms with Crippen LogP contribution >= 0.6 is 0 Å². The summed E-state index contributed by atoms with van der Waals surface area (Å²) in [4.78, 5) is 34.3. The van der Waals surface area contributed by atoms with Crippen molar-refractivity contribution in [3.8, 4) is 0 Å². The lowest BCUT2D eigenvalue weighted by molar-refractivity contribution is 0.0785. The van der Waals surface area contributed by atoms with Crippen LogP contribution in [-0.4, -0.2) is 58.9 Å². The van der Waals surface area contributed by atoms with E-state index in [-0.39, 0.29) is 23.7 Å². The van der Waals surface area contributed by atoms with E-state index >= 15 is 0 Å². The zero-order valence-corrected chi connectivity index (χ0v) is 18.7. The number of pyridine rings is 1. The summed E-state index contributed by atoms with van der Waals surface area (Å²) in [5.41, 5.74) is 3.57. The lowest BCUT2D eigenvalue weighted by Gasteiger charge is -2.18. The minimum absolute atomic E-state index is 0.0460. The van der Waals surface area contributed by atoms with Crippen LogP contribution in [0.3, 0.4) is 0 Å². The van der Waals surface area contributed by atoms with Gasteiger partial charge >= 0.3 is 0 Å². The van der Waals surface area contributed by atoms with Crippen LogP contribution in [0.4, 0.5) is 0 Å².